The third kappa shape index (κ3) is 14.1. The minimum Gasteiger partial charge on any atom is -0.508 e. The molecule has 2 fully saturated rings. The lowest BCUT2D eigenvalue weighted by atomic mass is 9.80. The van der Waals surface area contributed by atoms with E-state index in [4.69, 9.17) is 10.8 Å². The number of aromatic nitrogens is 2. The van der Waals surface area contributed by atoms with Gasteiger partial charge in [-0.25, -0.2) is 0 Å². The summed E-state index contributed by atoms with van der Waals surface area (Å²) in [6.45, 7) is 4.88. The Kier molecular flexibility index (Phi) is 18.0. The number of carbonyl (C=O) groups is 2. The van der Waals surface area contributed by atoms with Crippen molar-refractivity contribution in [1.82, 2.24) is 25.1 Å². The van der Waals surface area contributed by atoms with Crippen LogP contribution in [0.1, 0.15) is 83.7 Å². The largest absolute Gasteiger partial charge is 0.508 e. The minimum absolute atomic E-state index is 0.00320. The maximum absolute atomic E-state index is 13.8. The fraction of sp³-hybridized carbons (Fsp3) is 0.500. The first-order valence-corrected chi connectivity index (χ1v) is 21.5. The molecule has 0 radical (unpaired) electrons. The van der Waals surface area contributed by atoms with Crippen molar-refractivity contribution in [2.24, 2.45) is 16.6 Å². The van der Waals surface area contributed by atoms with Crippen molar-refractivity contribution in [2.75, 3.05) is 41.3 Å². The number of pyridine rings is 2. The lowest BCUT2D eigenvalue weighted by Crippen LogP contribution is -2.43. The number of halogens is 6. The lowest BCUT2D eigenvalue weighted by molar-refractivity contribution is -0.196. The molecule has 2 aliphatic carbocycles. The lowest BCUT2D eigenvalue weighted by Gasteiger charge is -2.30. The zero-order valence-corrected chi connectivity index (χ0v) is 37.8. The van der Waals surface area contributed by atoms with Crippen LogP contribution in [0.2, 0.25) is 0 Å². The van der Waals surface area contributed by atoms with Gasteiger partial charge in [0.05, 0.1) is 17.3 Å². The number of carboxylic acids is 1. The van der Waals surface area contributed by atoms with Crippen molar-refractivity contribution >= 4 is 11.9 Å². The monoisotopic (exact) mass is 916 g/mol. The second-order valence-corrected chi connectivity index (χ2v) is 17.7. The van der Waals surface area contributed by atoms with Crippen molar-refractivity contribution in [3.8, 4) is 11.5 Å². The quantitative estimate of drug-likeness (QED) is 0.0651. The van der Waals surface area contributed by atoms with E-state index in [0.29, 0.717) is 42.4 Å². The number of aromatic hydroxyl groups is 2. The Bertz CT molecular complexity index is 2150. The number of carbonyl (C=O) groups excluding carboxylic acids is 1. The number of hydrogen-bond acceptors (Lipinski definition) is 9. The molecule has 2 aromatic heterocycles. The molecule has 356 valence electrons. The Morgan fingerprint density at radius 2 is 1.06 bits per heavy atom. The normalized spacial score (nSPS) is 16.8. The summed E-state index contributed by atoms with van der Waals surface area (Å²) in [7, 11) is 7.87. The average Bonchev–Trinajstić information content (AvgIpc) is 4.17. The third-order valence-corrected chi connectivity index (χ3v) is 12.9. The van der Waals surface area contributed by atoms with E-state index in [1.165, 1.54) is 42.5 Å². The van der Waals surface area contributed by atoms with Crippen LogP contribution in [-0.2, 0) is 22.4 Å². The summed E-state index contributed by atoms with van der Waals surface area (Å²) in [6, 6.07) is 17.0. The zero-order valence-electron chi connectivity index (χ0n) is 37.8. The molecule has 2 saturated carbocycles. The van der Waals surface area contributed by atoms with E-state index in [1.807, 2.05) is 59.1 Å². The van der Waals surface area contributed by atoms with Crippen molar-refractivity contribution in [3.05, 3.63) is 119 Å². The number of rotatable bonds is 17. The molecule has 6 rings (SSSR count). The molecule has 17 heteroatoms. The molecule has 2 unspecified atom stereocenters. The first-order chi connectivity index (χ1) is 30.4. The number of aliphatic carboxylic acids is 1. The van der Waals surface area contributed by atoms with Crippen molar-refractivity contribution < 1.29 is 51.3 Å². The topological polar surface area (TPSA) is 165 Å². The van der Waals surface area contributed by atoms with Crippen LogP contribution in [0.4, 0.5) is 26.3 Å². The van der Waals surface area contributed by atoms with E-state index in [9.17, 15) is 46.1 Å². The molecular formula is C48H62F6N6O5. The molecular weight excluding hydrogens is 855 g/mol. The van der Waals surface area contributed by atoms with Crippen molar-refractivity contribution in [1.29, 1.82) is 0 Å². The Balaban J connectivity index is 0.000000236. The van der Waals surface area contributed by atoms with E-state index in [0.717, 1.165) is 23.1 Å². The molecule has 4 atom stereocenters. The van der Waals surface area contributed by atoms with Crippen LogP contribution in [0.15, 0.2) is 85.5 Å². The molecule has 6 N–H and O–H groups in total. The van der Waals surface area contributed by atoms with Crippen LogP contribution in [0.25, 0.3) is 0 Å². The number of alkyl halides is 6. The van der Waals surface area contributed by atoms with Gasteiger partial charge in [0.25, 0.3) is 0 Å². The molecule has 0 bridgehead atoms. The number of likely N-dealkylation sites (N-methyl/N-ethyl adjacent to an activating group) is 2. The summed E-state index contributed by atoms with van der Waals surface area (Å²) in [5, 5.41) is 30.6. The highest BCUT2D eigenvalue weighted by Gasteiger charge is 2.68. The molecule has 0 aliphatic heterocycles. The van der Waals surface area contributed by atoms with Gasteiger partial charge in [-0.2, -0.15) is 26.3 Å². The van der Waals surface area contributed by atoms with E-state index < -0.39 is 53.3 Å². The molecule has 2 heterocycles. The first kappa shape index (κ1) is 52.4. The highest BCUT2D eigenvalue weighted by molar-refractivity contribution is 5.77. The van der Waals surface area contributed by atoms with Crippen LogP contribution >= 0.6 is 0 Å². The third-order valence-electron chi connectivity index (χ3n) is 12.9. The Morgan fingerprint density at radius 3 is 1.38 bits per heavy atom. The van der Waals surface area contributed by atoms with E-state index in [-0.39, 0.29) is 43.9 Å². The van der Waals surface area contributed by atoms with Gasteiger partial charge in [0.2, 0.25) is 5.91 Å². The fourth-order valence-corrected chi connectivity index (χ4v) is 8.29. The molecule has 11 nitrogen and oxygen atoms in total. The predicted molar refractivity (Wildman–Crippen MR) is 236 cm³/mol. The zero-order chi connectivity index (χ0) is 48.3. The Labute approximate surface area is 377 Å². The Morgan fingerprint density at radius 1 is 0.677 bits per heavy atom. The molecule has 2 aliphatic rings. The summed E-state index contributed by atoms with van der Waals surface area (Å²) in [4.78, 5) is 35.3. The van der Waals surface area contributed by atoms with Gasteiger partial charge >= 0.3 is 18.3 Å². The SMILES string of the molecule is Cc1cc(O)ccc1C[C@@H](CN)N(C)C.Cc1cc(O)ccc1C[C@@H](CNC(=O)CC(c1ccncc1)C1(C(F)(F)F)CC1)N(C)C.O=C(O)CC(c1ccncc1)C1(C(F)(F)F)CC1. The molecule has 65 heavy (non-hydrogen) atoms. The van der Waals surface area contributed by atoms with Gasteiger partial charge in [0.15, 0.2) is 0 Å². The minimum atomic E-state index is -4.36. The Hall–Kier alpha value is -5.26. The molecule has 2 aromatic carbocycles. The van der Waals surface area contributed by atoms with Gasteiger partial charge < -0.3 is 36.2 Å². The number of benzene rings is 2. The predicted octanol–water partition coefficient (Wildman–Crippen LogP) is 8.32. The van der Waals surface area contributed by atoms with E-state index in [2.05, 4.69) is 20.2 Å². The van der Waals surface area contributed by atoms with E-state index in [1.54, 1.807) is 36.4 Å². The maximum Gasteiger partial charge on any atom is 0.395 e. The van der Waals surface area contributed by atoms with Crippen LogP contribution in [0.5, 0.6) is 11.5 Å². The second kappa shape index (κ2) is 22.3. The smallest absolute Gasteiger partial charge is 0.395 e. The number of phenolic OH excluding ortho intramolecular Hbond substituents is 2. The summed E-state index contributed by atoms with van der Waals surface area (Å²) >= 11 is 0. The number of phenols is 2. The summed E-state index contributed by atoms with van der Waals surface area (Å²) in [5.74, 6) is -3.04. The van der Waals surface area contributed by atoms with Crippen LogP contribution in [0, 0.1) is 24.7 Å². The summed E-state index contributed by atoms with van der Waals surface area (Å²) in [6.07, 6.45) is -2.11. The van der Waals surface area contributed by atoms with Crippen LogP contribution < -0.4 is 11.1 Å². The standard InChI is InChI=1S/C24H30F3N3O2.C12H12F3NO2.C12H20N2O/c1-16-12-20(31)5-4-18(16)13-19(30(2)3)15-29-22(32)14-21(17-6-10-28-11-7-17)23(8-9-23)24(25,26)27;13-12(14,15)11(3-4-11)9(7-10(17)18)8-1-5-16-6-2-8;1-9-6-12(15)5-4-10(9)7-11(8-13)14(2)3/h4-7,10-12,19,21,31H,8-9,13-15H2,1-3H3,(H,29,32);1-2,5-6,9H,3-4,7H2,(H,17,18);4-6,11,15H,7-8,13H2,1-3H3/t19-,21?;;11-/m0.0/s1. The summed E-state index contributed by atoms with van der Waals surface area (Å²) < 4.78 is 80.7. The number of amides is 1. The second-order valence-electron chi connectivity index (χ2n) is 17.7. The molecule has 4 aromatic rings. The first-order valence-electron chi connectivity index (χ1n) is 21.5. The molecule has 1 amide bonds. The van der Waals surface area contributed by atoms with Gasteiger partial charge in [-0.15, -0.1) is 0 Å². The van der Waals surface area contributed by atoms with Gasteiger partial charge in [-0.3, -0.25) is 19.6 Å². The maximum atomic E-state index is 13.8. The highest BCUT2D eigenvalue weighted by atomic mass is 19.4. The van der Waals surface area contributed by atoms with Gasteiger partial charge in [0, 0.05) is 68.2 Å². The number of nitrogens with two attached hydrogens (primary N) is 1. The van der Waals surface area contributed by atoms with Crippen LogP contribution in [0.3, 0.4) is 0 Å². The number of aryl methyl sites for hydroxylation is 2. The van der Waals surface area contributed by atoms with E-state index >= 15 is 0 Å². The number of carboxylic acid groups (broad SMARTS) is 1. The highest BCUT2D eigenvalue weighted by Crippen LogP contribution is 2.67. The molecule has 0 saturated heterocycles. The van der Waals surface area contributed by atoms with Crippen molar-refractivity contribution in [2.45, 2.75) is 101 Å². The number of hydrogen-bond donors (Lipinski definition) is 5. The van der Waals surface area contributed by atoms with Crippen molar-refractivity contribution in [3.63, 3.8) is 0 Å². The van der Waals surface area contributed by atoms with Gasteiger partial charge in [0.1, 0.15) is 11.5 Å². The van der Waals surface area contributed by atoms with Gasteiger partial charge in [-0.05, 0) is 162 Å². The fourth-order valence-electron chi connectivity index (χ4n) is 8.29. The molecule has 0 spiro atoms. The summed E-state index contributed by atoms with van der Waals surface area (Å²) in [5.41, 5.74) is 7.24. The number of nitrogens with zero attached hydrogens (tertiary/aromatic N) is 4. The average molecular weight is 917 g/mol. The number of nitrogens with one attached hydrogen (secondary N) is 1. The van der Waals surface area contributed by atoms with Crippen LogP contribution in [-0.4, -0.2) is 113 Å². The van der Waals surface area contributed by atoms with Gasteiger partial charge in [-0.1, -0.05) is 12.1 Å².